The lowest BCUT2D eigenvalue weighted by Gasteiger charge is -2.18. The van der Waals surface area contributed by atoms with Crippen LogP contribution in [0.2, 0.25) is 0 Å². The van der Waals surface area contributed by atoms with Crippen LogP contribution in [-0.2, 0) is 0 Å². The SMILES string of the molecule is N=C(NC1CCCCCC1)c1ccc(O)c([N+](=O)[O-])c1. The predicted molar refractivity (Wildman–Crippen MR) is 76.2 cm³/mol. The molecule has 1 aromatic carbocycles. The number of amidine groups is 1. The average molecular weight is 277 g/mol. The summed E-state index contributed by atoms with van der Waals surface area (Å²) in [6.45, 7) is 0. The molecule has 0 aromatic heterocycles. The first-order valence-electron chi connectivity index (χ1n) is 6.91. The third kappa shape index (κ3) is 3.46. The van der Waals surface area contributed by atoms with Gasteiger partial charge < -0.3 is 10.4 Å². The highest BCUT2D eigenvalue weighted by atomic mass is 16.6. The molecule has 1 aliphatic rings. The third-order valence-corrected chi connectivity index (χ3v) is 3.66. The number of nitrogens with one attached hydrogen (secondary N) is 2. The maximum absolute atomic E-state index is 10.8. The van der Waals surface area contributed by atoms with Gasteiger partial charge in [-0.25, -0.2) is 0 Å². The van der Waals surface area contributed by atoms with E-state index in [1.807, 2.05) is 0 Å². The number of benzene rings is 1. The van der Waals surface area contributed by atoms with Crippen molar-refractivity contribution >= 4 is 11.5 Å². The van der Waals surface area contributed by atoms with E-state index in [2.05, 4.69) is 5.32 Å². The Balaban J connectivity index is 2.08. The molecule has 0 spiro atoms. The summed E-state index contributed by atoms with van der Waals surface area (Å²) in [6.07, 6.45) is 6.83. The Bertz CT molecular complexity index is 508. The maximum atomic E-state index is 10.8. The lowest BCUT2D eigenvalue weighted by molar-refractivity contribution is -0.385. The molecular weight excluding hydrogens is 258 g/mol. The van der Waals surface area contributed by atoms with Crippen LogP contribution >= 0.6 is 0 Å². The zero-order chi connectivity index (χ0) is 14.5. The molecular formula is C14H19N3O3. The molecule has 1 saturated carbocycles. The molecule has 1 aliphatic carbocycles. The lowest BCUT2D eigenvalue weighted by atomic mass is 10.1. The standard InChI is InChI=1S/C14H19N3O3/c15-14(16-11-5-3-1-2-4-6-11)10-7-8-13(18)12(9-10)17(19)20/h7-9,11,18H,1-6H2,(H2,15,16). The molecule has 0 unspecified atom stereocenters. The fourth-order valence-electron chi connectivity index (χ4n) is 2.54. The van der Waals surface area contributed by atoms with Crippen LogP contribution in [0.4, 0.5) is 5.69 Å². The van der Waals surface area contributed by atoms with Gasteiger partial charge in [-0.1, -0.05) is 25.7 Å². The van der Waals surface area contributed by atoms with Crippen molar-refractivity contribution in [3.05, 3.63) is 33.9 Å². The van der Waals surface area contributed by atoms with Gasteiger partial charge in [0, 0.05) is 17.7 Å². The van der Waals surface area contributed by atoms with E-state index < -0.39 is 4.92 Å². The second kappa shape index (κ2) is 6.36. The van der Waals surface area contributed by atoms with E-state index in [-0.39, 0.29) is 23.3 Å². The second-order valence-electron chi connectivity index (χ2n) is 5.17. The number of nitro benzene ring substituents is 1. The van der Waals surface area contributed by atoms with Crippen molar-refractivity contribution in [1.29, 1.82) is 5.41 Å². The zero-order valence-electron chi connectivity index (χ0n) is 11.3. The van der Waals surface area contributed by atoms with Gasteiger partial charge in [-0.3, -0.25) is 15.5 Å². The topological polar surface area (TPSA) is 99.2 Å². The van der Waals surface area contributed by atoms with Gasteiger partial charge in [-0.15, -0.1) is 0 Å². The molecule has 20 heavy (non-hydrogen) atoms. The van der Waals surface area contributed by atoms with Crippen molar-refractivity contribution < 1.29 is 10.0 Å². The van der Waals surface area contributed by atoms with Crippen LogP contribution < -0.4 is 5.32 Å². The fraction of sp³-hybridized carbons (Fsp3) is 0.500. The highest BCUT2D eigenvalue weighted by Gasteiger charge is 2.18. The van der Waals surface area contributed by atoms with Crippen LogP contribution in [0.1, 0.15) is 44.1 Å². The molecule has 0 aliphatic heterocycles. The molecule has 1 fully saturated rings. The Kier molecular flexibility index (Phi) is 4.55. The number of aromatic hydroxyl groups is 1. The second-order valence-corrected chi connectivity index (χ2v) is 5.17. The number of phenolic OH excluding ortho intramolecular Hbond substituents is 1. The Labute approximate surface area is 117 Å². The number of rotatable bonds is 3. The van der Waals surface area contributed by atoms with E-state index in [1.54, 1.807) is 0 Å². The van der Waals surface area contributed by atoms with Gasteiger partial charge in [0.05, 0.1) is 4.92 Å². The lowest BCUT2D eigenvalue weighted by Crippen LogP contribution is -2.34. The van der Waals surface area contributed by atoms with Crippen LogP contribution in [0, 0.1) is 15.5 Å². The van der Waals surface area contributed by atoms with Crippen molar-refractivity contribution in [2.24, 2.45) is 0 Å². The highest BCUT2D eigenvalue weighted by molar-refractivity contribution is 5.97. The number of hydrogen-bond donors (Lipinski definition) is 3. The number of nitrogens with zero attached hydrogens (tertiary/aromatic N) is 1. The fourth-order valence-corrected chi connectivity index (χ4v) is 2.54. The molecule has 0 amide bonds. The van der Waals surface area contributed by atoms with Gasteiger partial charge >= 0.3 is 5.69 Å². The smallest absolute Gasteiger partial charge is 0.311 e. The number of phenols is 1. The summed E-state index contributed by atoms with van der Waals surface area (Å²) in [6, 6.07) is 4.28. The molecule has 0 saturated heterocycles. The molecule has 0 heterocycles. The number of hydrogen-bond acceptors (Lipinski definition) is 4. The van der Waals surface area contributed by atoms with Crippen LogP contribution in [0.3, 0.4) is 0 Å². The summed E-state index contributed by atoms with van der Waals surface area (Å²) in [7, 11) is 0. The van der Waals surface area contributed by atoms with E-state index in [0.29, 0.717) is 5.56 Å². The van der Waals surface area contributed by atoms with Crippen LogP contribution in [-0.4, -0.2) is 21.9 Å². The minimum atomic E-state index is -0.641. The van der Waals surface area contributed by atoms with E-state index in [9.17, 15) is 15.2 Å². The summed E-state index contributed by atoms with van der Waals surface area (Å²) in [5.41, 5.74) is 0.0636. The molecule has 0 bridgehead atoms. The Morgan fingerprint density at radius 1 is 1.30 bits per heavy atom. The van der Waals surface area contributed by atoms with Gasteiger partial charge in [0.2, 0.25) is 0 Å². The summed E-state index contributed by atoms with van der Waals surface area (Å²) in [4.78, 5) is 10.1. The first kappa shape index (κ1) is 14.3. The van der Waals surface area contributed by atoms with Crippen LogP contribution in [0.25, 0.3) is 0 Å². The molecule has 6 nitrogen and oxygen atoms in total. The van der Waals surface area contributed by atoms with Crippen molar-refractivity contribution in [2.75, 3.05) is 0 Å². The molecule has 1 aromatic rings. The zero-order valence-corrected chi connectivity index (χ0v) is 11.3. The van der Waals surface area contributed by atoms with Crippen LogP contribution in [0.15, 0.2) is 18.2 Å². The van der Waals surface area contributed by atoms with Gasteiger partial charge in [0.15, 0.2) is 5.75 Å². The van der Waals surface area contributed by atoms with E-state index in [1.165, 1.54) is 31.0 Å². The van der Waals surface area contributed by atoms with Crippen molar-refractivity contribution in [3.8, 4) is 5.75 Å². The highest BCUT2D eigenvalue weighted by Crippen LogP contribution is 2.26. The summed E-state index contributed by atoms with van der Waals surface area (Å²) >= 11 is 0. The molecule has 108 valence electrons. The molecule has 2 rings (SSSR count). The van der Waals surface area contributed by atoms with Crippen molar-refractivity contribution in [1.82, 2.24) is 5.32 Å². The van der Waals surface area contributed by atoms with Crippen LogP contribution in [0.5, 0.6) is 5.75 Å². The molecule has 3 N–H and O–H groups in total. The minimum Gasteiger partial charge on any atom is -0.502 e. The van der Waals surface area contributed by atoms with Gasteiger partial charge in [-0.05, 0) is 25.0 Å². The summed E-state index contributed by atoms with van der Waals surface area (Å²) < 4.78 is 0. The molecule has 0 radical (unpaired) electrons. The Morgan fingerprint density at radius 2 is 1.95 bits per heavy atom. The third-order valence-electron chi connectivity index (χ3n) is 3.66. The quantitative estimate of drug-likeness (QED) is 0.260. The molecule has 0 atom stereocenters. The monoisotopic (exact) mass is 277 g/mol. The van der Waals surface area contributed by atoms with E-state index in [4.69, 9.17) is 5.41 Å². The van der Waals surface area contributed by atoms with Crippen molar-refractivity contribution in [2.45, 2.75) is 44.6 Å². The largest absolute Gasteiger partial charge is 0.502 e. The average Bonchev–Trinajstić information content (AvgIpc) is 2.67. The molecule has 6 heteroatoms. The Hall–Kier alpha value is -2.11. The van der Waals surface area contributed by atoms with Gasteiger partial charge in [-0.2, -0.15) is 0 Å². The maximum Gasteiger partial charge on any atom is 0.311 e. The summed E-state index contributed by atoms with van der Waals surface area (Å²) in [5, 5.41) is 31.4. The predicted octanol–water partition coefficient (Wildman–Crippen LogP) is 2.94. The normalized spacial score (nSPS) is 16.4. The van der Waals surface area contributed by atoms with E-state index in [0.717, 1.165) is 25.7 Å². The number of nitro groups is 1. The van der Waals surface area contributed by atoms with Gasteiger partial charge in [0.1, 0.15) is 5.84 Å². The first-order valence-corrected chi connectivity index (χ1v) is 6.91. The minimum absolute atomic E-state index is 0.181. The Morgan fingerprint density at radius 3 is 2.55 bits per heavy atom. The van der Waals surface area contributed by atoms with Crippen molar-refractivity contribution in [3.63, 3.8) is 0 Å². The van der Waals surface area contributed by atoms with E-state index >= 15 is 0 Å². The summed E-state index contributed by atoms with van der Waals surface area (Å²) in [5.74, 6) is -0.194. The first-order chi connectivity index (χ1) is 9.58. The van der Waals surface area contributed by atoms with Gasteiger partial charge in [0.25, 0.3) is 0 Å².